The Hall–Kier alpha value is -1.06. The van der Waals surface area contributed by atoms with E-state index in [1.165, 1.54) is 0 Å². The van der Waals surface area contributed by atoms with Crippen molar-refractivity contribution in [1.82, 2.24) is 0 Å². The van der Waals surface area contributed by atoms with Crippen LogP contribution in [0.3, 0.4) is 0 Å². The van der Waals surface area contributed by atoms with Gasteiger partial charge in [-0.05, 0) is 26.7 Å². The van der Waals surface area contributed by atoms with Crippen molar-refractivity contribution >= 4 is 11.9 Å². The van der Waals surface area contributed by atoms with Gasteiger partial charge in [0, 0.05) is 0 Å². The Bertz CT molecular complexity index is 237. The summed E-state index contributed by atoms with van der Waals surface area (Å²) in [7, 11) is 0. The zero-order valence-electron chi connectivity index (χ0n) is 10.0. The summed E-state index contributed by atoms with van der Waals surface area (Å²) in [4.78, 5) is 22.2. The lowest BCUT2D eigenvalue weighted by molar-refractivity contribution is -0.160. The van der Waals surface area contributed by atoms with E-state index in [4.69, 9.17) is 9.84 Å². The molecule has 0 heterocycles. The quantitative estimate of drug-likeness (QED) is 0.731. The Morgan fingerprint density at radius 1 is 1.27 bits per heavy atom. The third-order valence-corrected chi connectivity index (χ3v) is 1.93. The highest BCUT2D eigenvalue weighted by Gasteiger charge is 2.27. The monoisotopic (exact) mass is 216 g/mol. The average molecular weight is 216 g/mol. The van der Waals surface area contributed by atoms with Crippen molar-refractivity contribution in [2.24, 2.45) is 11.8 Å². The van der Waals surface area contributed by atoms with Crippen LogP contribution in [0.15, 0.2) is 0 Å². The minimum Gasteiger partial charge on any atom is -0.481 e. The summed E-state index contributed by atoms with van der Waals surface area (Å²) in [5.41, 5.74) is -0.558. The van der Waals surface area contributed by atoms with E-state index < -0.39 is 23.5 Å². The molecule has 4 nitrogen and oxygen atoms in total. The average Bonchev–Trinajstić information content (AvgIpc) is 1.95. The van der Waals surface area contributed by atoms with Crippen LogP contribution in [0.2, 0.25) is 0 Å². The number of hydrogen-bond acceptors (Lipinski definition) is 3. The number of carboxylic acid groups (broad SMARTS) is 1. The summed E-state index contributed by atoms with van der Waals surface area (Å²) in [5, 5.41) is 8.88. The smallest absolute Gasteiger partial charge is 0.307 e. The number of esters is 1. The summed E-state index contributed by atoms with van der Waals surface area (Å²) >= 11 is 0. The van der Waals surface area contributed by atoms with Gasteiger partial charge in [-0.2, -0.15) is 0 Å². The number of rotatable bonds is 4. The number of carbonyl (C=O) groups excluding carboxylic acids is 1. The van der Waals surface area contributed by atoms with E-state index in [0.717, 1.165) is 0 Å². The van der Waals surface area contributed by atoms with E-state index >= 15 is 0 Å². The molecule has 0 amide bonds. The van der Waals surface area contributed by atoms with Gasteiger partial charge in [0.1, 0.15) is 5.60 Å². The van der Waals surface area contributed by atoms with Crippen LogP contribution in [0, 0.1) is 11.8 Å². The van der Waals surface area contributed by atoms with Gasteiger partial charge in [-0.3, -0.25) is 9.59 Å². The normalized spacial score (nSPS) is 13.7. The molecule has 0 aliphatic rings. The van der Waals surface area contributed by atoms with Crippen LogP contribution in [0.1, 0.15) is 41.0 Å². The first-order valence-electron chi connectivity index (χ1n) is 5.08. The molecule has 0 spiro atoms. The van der Waals surface area contributed by atoms with E-state index in [0.29, 0.717) is 0 Å². The largest absolute Gasteiger partial charge is 0.481 e. The lowest BCUT2D eigenvalue weighted by Gasteiger charge is -2.22. The molecule has 0 fully saturated rings. The van der Waals surface area contributed by atoms with Crippen molar-refractivity contribution in [1.29, 1.82) is 0 Å². The second-order valence-electron chi connectivity index (χ2n) is 4.98. The molecule has 1 atom stereocenters. The van der Waals surface area contributed by atoms with Crippen LogP contribution < -0.4 is 0 Å². The second-order valence-corrected chi connectivity index (χ2v) is 4.98. The minimum absolute atomic E-state index is 0.0652. The van der Waals surface area contributed by atoms with Crippen molar-refractivity contribution in [3.8, 4) is 0 Å². The van der Waals surface area contributed by atoms with E-state index in [1.807, 2.05) is 0 Å². The summed E-state index contributed by atoms with van der Waals surface area (Å²) in [5.74, 6) is -2.14. The highest BCUT2D eigenvalue weighted by atomic mass is 16.6. The molecule has 88 valence electrons. The fraction of sp³-hybridized carbons (Fsp3) is 0.818. The van der Waals surface area contributed by atoms with Gasteiger partial charge in [-0.15, -0.1) is 0 Å². The number of aliphatic carboxylic acids is 1. The summed E-state index contributed by atoms with van der Waals surface area (Å²) < 4.78 is 5.07. The molecular formula is C11H20O4. The molecule has 0 aromatic rings. The first-order valence-corrected chi connectivity index (χ1v) is 5.08. The molecule has 0 aliphatic heterocycles. The van der Waals surface area contributed by atoms with Crippen molar-refractivity contribution in [2.45, 2.75) is 46.6 Å². The van der Waals surface area contributed by atoms with Crippen LogP contribution in [0.4, 0.5) is 0 Å². The van der Waals surface area contributed by atoms with E-state index in [9.17, 15) is 9.59 Å². The summed E-state index contributed by atoms with van der Waals surface area (Å²) in [6.45, 7) is 8.84. The number of ether oxygens (including phenoxy) is 1. The molecule has 4 heteroatoms. The fourth-order valence-electron chi connectivity index (χ4n) is 1.17. The predicted molar refractivity (Wildman–Crippen MR) is 56.4 cm³/mol. The third kappa shape index (κ3) is 6.10. The third-order valence-electron chi connectivity index (χ3n) is 1.93. The number of carboxylic acids is 1. The van der Waals surface area contributed by atoms with E-state index in [2.05, 4.69) is 0 Å². The molecule has 0 aromatic heterocycles. The molecule has 1 N–H and O–H groups in total. The zero-order valence-corrected chi connectivity index (χ0v) is 10.0. The second kappa shape index (κ2) is 5.14. The predicted octanol–water partition coefficient (Wildman–Crippen LogP) is 2.07. The first kappa shape index (κ1) is 13.9. The summed E-state index contributed by atoms with van der Waals surface area (Å²) in [6.07, 6.45) is -0.0652. The van der Waals surface area contributed by atoms with Gasteiger partial charge >= 0.3 is 11.9 Å². The van der Waals surface area contributed by atoms with Crippen LogP contribution in [0.5, 0.6) is 0 Å². The molecule has 0 aromatic carbocycles. The van der Waals surface area contributed by atoms with Gasteiger partial charge in [0.25, 0.3) is 0 Å². The topological polar surface area (TPSA) is 63.6 Å². The minimum atomic E-state index is -0.948. The highest BCUT2D eigenvalue weighted by Crippen LogP contribution is 2.18. The van der Waals surface area contributed by atoms with Gasteiger partial charge in [0.2, 0.25) is 0 Å². The molecule has 0 saturated carbocycles. The Morgan fingerprint density at radius 2 is 1.73 bits per heavy atom. The Kier molecular flexibility index (Phi) is 4.78. The molecule has 0 rings (SSSR count). The number of hydrogen-bond donors (Lipinski definition) is 1. The Balaban J connectivity index is 4.31. The first-order chi connectivity index (χ1) is 6.63. The highest BCUT2D eigenvalue weighted by molar-refractivity contribution is 5.79. The lowest BCUT2D eigenvalue weighted by atomic mass is 9.93. The standard InChI is InChI=1S/C11H20O4/c1-7(2)8(10(13)14)6-9(12)15-11(3,4)5/h7-8H,6H2,1-5H3,(H,13,14)/t8-/m0/s1. The number of carbonyl (C=O) groups is 2. The van der Waals surface area contributed by atoms with Gasteiger partial charge in [0.05, 0.1) is 12.3 Å². The van der Waals surface area contributed by atoms with Gasteiger partial charge in [0.15, 0.2) is 0 Å². The lowest BCUT2D eigenvalue weighted by Crippen LogP contribution is -2.29. The molecule has 0 aliphatic carbocycles. The molecule has 0 saturated heterocycles. The maximum atomic E-state index is 11.4. The van der Waals surface area contributed by atoms with E-state index in [-0.39, 0.29) is 12.3 Å². The van der Waals surface area contributed by atoms with Gasteiger partial charge in [-0.25, -0.2) is 0 Å². The molecular weight excluding hydrogens is 196 g/mol. The maximum absolute atomic E-state index is 11.4. The fourth-order valence-corrected chi connectivity index (χ4v) is 1.17. The van der Waals surface area contributed by atoms with Crippen molar-refractivity contribution in [3.05, 3.63) is 0 Å². The molecule has 0 radical (unpaired) electrons. The summed E-state index contributed by atoms with van der Waals surface area (Å²) in [6, 6.07) is 0. The van der Waals surface area contributed by atoms with E-state index in [1.54, 1.807) is 34.6 Å². The van der Waals surface area contributed by atoms with Crippen LogP contribution in [0.25, 0.3) is 0 Å². The van der Waals surface area contributed by atoms with Gasteiger partial charge in [-0.1, -0.05) is 13.8 Å². The van der Waals surface area contributed by atoms with Crippen molar-refractivity contribution in [3.63, 3.8) is 0 Å². The SMILES string of the molecule is CC(C)[C@H](CC(=O)OC(C)(C)C)C(=O)O. The molecule has 0 unspecified atom stereocenters. The maximum Gasteiger partial charge on any atom is 0.307 e. The van der Waals surface area contributed by atoms with Crippen LogP contribution in [-0.4, -0.2) is 22.6 Å². The van der Waals surface area contributed by atoms with Crippen LogP contribution in [-0.2, 0) is 14.3 Å². The van der Waals surface area contributed by atoms with Crippen molar-refractivity contribution < 1.29 is 19.4 Å². The van der Waals surface area contributed by atoms with Gasteiger partial charge < -0.3 is 9.84 Å². The Labute approximate surface area is 90.6 Å². The molecule has 0 bridgehead atoms. The van der Waals surface area contributed by atoms with Crippen LogP contribution >= 0.6 is 0 Å². The molecule has 15 heavy (non-hydrogen) atoms. The Morgan fingerprint density at radius 3 is 2.00 bits per heavy atom. The zero-order chi connectivity index (χ0) is 12.2. The van der Waals surface area contributed by atoms with Crippen molar-refractivity contribution in [2.75, 3.05) is 0 Å².